The van der Waals surface area contributed by atoms with Crippen molar-refractivity contribution >= 4 is 11.6 Å². The molecule has 4 nitrogen and oxygen atoms in total. The first kappa shape index (κ1) is 12.3. The molecule has 5 heteroatoms. The normalized spacial score (nSPS) is 10.9. The van der Waals surface area contributed by atoms with E-state index in [2.05, 4.69) is 4.98 Å². The van der Waals surface area contributed by atoms with Gasteiger partial charge in [0.05, 0.1) is 0 Å². The summed E-state index contributed by atoms with van der Waals surface area (Å²) in [5.41, 5.74) is 2.46. The van der Waals surface area contributed by atoms with Crippen molar-refractivity contribution < 1.29 is 14.3 Å². The number of halogens is 1. The Bertz CT molecular complexity index is 807. The van der Waals surface area contributed by atoms with Crippen LogP contribution in [0.5, 0.6) is 0 Å². The molecule has 0 atom stereocenters. The Labute approximate surface area is 114 Å². The molecule has 0 radical (unpaired) electrons. The van der Waals surface area contributed by atoms with E-state index in [-0.39, 0.29) is 5.69 Å². The number of imidazole rings is 1. The number of fused-ring (bicyclic) bond motifs is 1. The lowest BCUT2D eigenvalue weighted by molar-refractivity contribution is 0.0690. The van der Waals surface area contributed by atoms with Gasteiger partial charge in [-0.1, -0.05) is 29.8 Å². The molecule has 100 valence electrons. The van der Waals surface area contributed by atoms with Crippen LogP contribution in [0.15, 0.2) is 42.6 Å². The maximum atomic E-state index is 13.3. The molecule has 20 heavy (non-hydrogen) atoms. The quantitative estimate of drug-likeness (QED) is 0.778. The molecule has 2 heterocycles. The summed E-state index contributed by atoms with van der Waals surface area (Å²) in [5.74, 6) is -1.65. The van der Waals surface area contributed by atoms with Gasteiger partial charge in [-0.15, -0.1) is 0 Å². The van der Waals surface area contributed by atoms with Crippen molar-refractivity contribution in [3.05, 3.63) is 59.7 Å². The van der Waals surface area contributed by atoms with E-state index < -0.39 is 11.8 Å². The van der Waals surface area contributed by atoms with E-state index in [9.17, 15) is 14.3 Å². The maximum absolute atomic E-state index is 13.3. The summed E-state index contributed by atoms with van der Waals surface area (Å²) in [6.07, 6.45) is 1.13. The van der Waals surface area contributed by atoms with Crippen LogP contribution in [0.4, 0.5) is 4.39 Å². The summed E-state index contributed by atoms with van der Waals surface area (Å²) in [5, 5.41) is 9.38. The van der Waals surface area contributed by atoms with Crippen LogP contribution in [0.3, 0.4) is 0 Å². The van der Waals surface area contributed by atoms with Crippen molar-refractivity contribution in [1.29, 1.82) is 0 Å². The van der Waals surface area contributed by atoms with Crippen LogP contribution in [0, 0.1) is 12.7 Å². The standard InChI is InChI=1S/C15H11FN2O2/c1-9-2-4-10(5-3-9)13-14(15(19)20)18-8-11(16)6-7-12(18)17-13/h2-8H,1H3,(H,19,20). The van der Waals surface area contributed by atoms with E-state index in [0.29, 0.717) is 16.9 Å². The van der Waals surface area contributed by atoms with Crippen molar-refractivity contribution in [2.75, 3.05) is 0 Å². The fraction of sp³-hybridized carbons (Fsp3) is 0.0667. The Morgan fingerprint density at radius 3 is 2.55 bits per heavy atom. The lowest BCUT2D eigenvalue weighted by atomic mass is 10.1. The fourth-order valence-electron chi connectivity index (χ4n) is 2.14. The van der Waals surface area contributed by atoms with Crippen molar-refractivity contribution in [2.45, 2.75) is 6.92 Å². The minimum absolute atomic E-state index is 0.0386. The number of carbonyl (C=O) groups is 1. The predicted octanol–water partition coefficient (Wildman–Crippen LogP) is 3.15. The van der Waals surface area contributed by atoms with Gasteiger partial charge in [0.2, 0.25) is 0 Å². The van der Waals surface area contributed by atoms with Crippen molar-refractivity contribution in [3.8, 4) is 11.3 Å². The van der Waals surface area contributed by atoms with Gasteiger partial charge in [-0.2, -0.15) is 0 Å². The monoisotopic (exact) mass is 270 g/mol. The van der Waals surface area contributed by atoms with Gasteiger partial charge in [0.15, 0.2) is 5.69 Å². The molecule has 0 aliphatic rings. The Morgan fingerprint density at radius 1 is 1.20 bits per heavy atom. The van der Waals surface area contributed by atoms with Crippen LogP contribution in [0.2, 0.25) is 0 Å². The van der Waals surface area contributed by atoms with Gasteiger partial charge in [-0.05, 0) is 19.1 Å². The Kier molecular flexibility index (Phi) is 2.75. The molecule has 0 saturated heterocycles. The highest BCUT2D eigenvalue weighted by Gasteiger charge is 2.20. The number of aromatic carboxylic acids is 1. The highest BCUT2D eigenvalue weighted by atomic mass is 19.1. The molecular formula is C15H11FN2O2. The van der Waals surface area contributed by atoms with Gasteiger partial charge in [0.1, 0.15) is 17.2 Å². The highest BCUT2D eigenvalue weighted by molar-refractivity contribution is 5.94. The Morgan fingerprint density at radius 2 is 1.90 bits per heavy atom. The zero-order valence-corrected chi connectivity index (χ0v) is 10.7. The maximum Gasteiger partial charge on any atom is 0.355 e. The average molecular weight is 270 g/mol. The Balaban J connectivity index is 2.32. The summed E-state index contributed by atoms with van der Waals surface area (Å²) in [6.45, 7) is 1.95. The summed E-state index contributed by atoms with van der Waals surface area (Å²) in [7, 11) is 0. The number of aryl methyl sites for hydroxylation is 1. The molecule has 0 amide bonds. The third-order valence-electron chi connectivity index (χ3n) is 3.11. The first-order valence-electron chi connectivity index (χ1n) is 6.04. The minimum atomic E-state index is -1.14. The van der Waals surface area contributed by atoms with Crippen LogP contribution in [0.1, 0.15) is 16.1 Å². The van der Waals surface area contributed by atoms with E-state index in [1.807, 2.05) is 19.1 Å². The van der Waals surface area contributed by atoms with Gasteiger partial charge in [0.25, 0.3) is 0 Å². The van der Waals surface area contributed by atoms with Gasteiger partial charge in [-0.3, -0.25) is 4.40 Å². The number of pyridine rings is 1. The molecule has 0 unspecified atom stereocenters. The fourth-order valence-corrected chi connectivity index (χ4v) is 2.14. The third-order valence-corrected chi connectivity index (χ3v) is 3.11. The second-order valence-corrected chi connectivity index (χ2v) is 4.56. The largest absolute Gasteiger partial charge is 0.476 e. The van der Waals surface area contributed by atoms with Crippen molar-refractivity contribution in [2.24, 2.45) is 0 Å². The zero-order chi connectivity index (χ0) is 14.3. The number of nitrogens with zero attached hydrogens (tertiary/aromatic N) is 2. The molecule has 0 fully saturated rings. The molecule has 1 aromatic carbocycles. The third kappa shape index (κ3) is 1.93. The van der Waals surface area contributed by atoms with E-state index >= 15 is 0 Å². The number of aromatic nitrogens is 2. The molecule has 0 aliphatic carbocycles. The summed E-state index contributed by atoms with van der Waals surface area (Å²) < 4.78 is 14.6. The Hall–Kier alpha value is -2.69. The first-order chi connectivity index (χ1) is 9.56. The second-order valence-electron chi connectivity index (χ2n) is 4.56. The molecule has 3 rings (SSSR count). The van der Waals surface area contributed by atoms with E-state index in [1.165, 1.54) is 16.5 Å². The van der Waals surface area contributed by atoms with Crippen LogP contribution in [-0.2, 0) is 0 Å². The van der Waals surface area contributed by atoms with E-state index in [1.54, 1.807) is 12.1 Å². The van der Waals surface area contributed by atoms with Crippen LogP contribution >= 0.6 is 0 Å². The van der Waals surface area contributed by atoms with E-state index in [4.69, 9.17) is 0 Å². The minimum Gasteiger partial charge on any atom is -0.476 e. The molecule has 0 aliphatic heterocycles. The second kappa shape index (κ2) is 4.45. The van der Waals surface area contributed by atoms with Crippen molar-refractivity contribution in [1.82, 2.24) is 9.38 Å². The summed E-state index contributed by atoms with van der Waals surface area (Å²) >= 11 is 0. The topological polar surface area (TPSA) is 54.6 Å². The zero-order valence-electron chi connectivity index (χ0n) is 10.7. The first-order valence-corrected chi connectivity index (χ1v) is 6.04. The summed E-state index contributed by atoms with van der Waals surface area (Å²) in [6, 6.07) is 10.1. The number of rotatable bonds is 2. The van der Waals surface area contributed by atoms with Gasteiger partial charge in [0, 0.05) is 11.8 Å². The highest BCUT2D eigenvalue weighted by Crippen LogP contribution is 2.25. The molecule has 0 spiro atoms. The van der Waals surface area contributed by atoms with Crippen LogP contribution in [0.25, 0.3) is 16.9 Å². The average Bonchev–Trinajstić information content (AvgIpc) is 2.78. The molecule has 0 saturated carbocycles. The molecule has 0 bridgehead atoms. The molecule has 1 N–H and O–H groups in total. The molecule has 3 aromatic rings. The number of carboxylic acid groups (broad SMARTS) is 1. The smallest absolute Gasteiger partial charge is 0.355 e. The van der Waals surface area contributed by atoms with Crippen molar-refractivity contribution in [3.63, 3.8) is 0 Å². The lowest BCUT2D eigenvalue weighted by Crippen LogP contribution is -2.04. The van der Waals surface area contributed by atoms with Crippen LogP contribution < -0.4 is 0 Å². The van der Waals surface area contributed by atoms with E-state index in [0.717, 1.165) is 11.8 Å². The number of carboxylic acids is 1. The SMILES string of the molecule is Cc1ccc(-c2nc3ccc(F)cn3c2C(=O)O)cc1. The number of hydrogen-bond acceptors (Lipinski definition) is 2. The molecular weight excluding hydrogens is 259 g/mol. The lowest BCUT2D eigenvalue weighted by Gasteiger charge is -2.01. The van der Waals surface area contributed by atoms with Gasteiger partial charge in [-0.25, -0.2) is 14.2 Å². The number of benzene rings is 1. The summed E-state index contributed by atoms with van der Waals surface area (Å²) in [4.78, 5) is 15.8. The number of hydrogen-bond donors (Lipinski definition) is 1. The van der Waals surface area contributed by atoms with Crippen LogP contribution in [-0.4, -0.2) is 20.5 Å². The van der Waals surface area contributed by atoms with Gasteiger partial charge >= 0.3 is 5.97 Å². The predicted molar refractivity (Wildman–Crippen MR) is 72.3 cm³/mol. The molecule has 2 aromatic heterocycles. The van der Waals surface area contributed by atoms with Gasteiger partial charge < -0.3 is 5.11 Å².